The Kier molecular flexibility index (Phi) is 5.99. The van der Waals surface area contributed by atoms with E-state index in [9.17, 15) is 0 Å². The second-order valence-corrected chi connectivity index (χ2v) is 18.7. The van der Waals surface area contributed by atoms with Crippen LogP contribution >= 0.6 is 21.8 Å². The Morgan fingerprint density at radius 2 is 2.09 bits per heavy atom. The second kappa shape index (κ2) is 5.53. The van der Waals surface area contributed by atoms with Crippen LogP contribution in [0.15, 0.2) is 11.3 Å². The monoisotopic (exact) mass is 298 g/mol. The average Bonchev–Trinajstić information content (AvgIpc) is 1.85. The van der Waals surface area contributed by atoms with Crippen molar-refractivity contribution in [1.82, 2.24) is 0 Å². The van der Waals surface area contributed by atoms with Crippen molar-refractivity contribution in [2.45, 2.75) is 39.0 Å². The first-order valence-electron chi connectivity index (χ1n) is 4.26. The number of allylic oxidation sites excluding steroid dienone is 2. The summed E-state index contributed by atoms with van der Waals surface area (Å²) >= 11 is 2.68. The van der Waals surface area contributed by atoms with E-state index in [1.807, 2.05) is 0 Å². The first kappa shape index (κ1) is 11.9. The Labute approximate surface area is 86.9 Å². The third-order valence-corrected chi connectivity index (χ3v) is 7.61. The average molecular weight is 298 g/mol. The van der Waals surface area contributed by atoms with E-state index in [1.165, 1.54) is 12.1 Å². The van der Waals surface area contributed by atoms with Gasteiger partial charge in [-0.2, -0.15) is 0 Å². The molecule has 0 aliphatic rings. The van der Waals surface area contributed by atoms with Gasteiger partial charge in [0.2, 0.25) is 0 Å². The maximum Gasteiger partial charge on any atom is 0.119 e. The molecule has 0 aliphatic carbocycles. The van der Waals surface area contributed by atoms with Crippen LogP contribution in [0.3, 0.4) is 0 Å². The minimum absolute atomic E-state index is 0.147. The van der Waals surface area contributed by atoms with E-state index in [2.05, 4.69) is 54.8 Å². The molecule has 0 rings (SSSR count). The summed E-state index contributed by atoms with van der Waals surface area (Å²) in [5.41, 5.74) is -0.759. The van der Waals surface area contributed by atoms with Gasteiger partial charge in [-0.25, -0.2) is 0 Å². The molecule has 11 heavy (non-hydrogen) atoms. The van der Waals surface area contributed by atoms with Crippen molar-refractivity contribution in [3.63, 3.8) is 0 Å². The molecule has 0 atom stereocenters. The quantitative estimate of drug-likeness (QED) is 0.425. The summed E-state index contributed by atoms with van der Waals surface area (Å²) < 4.78 is 0. The molecular weight excluding hydrogens is 279 g/mol. The highest BCUT2D eigenvalue weighted by Crippen LogP contribution is 2.19. The van der Waals surface area contributed by atoms with E-state index in [0.717, 1.165) is 0 Å². The minimum Gasteiger partial charge on any atom is -0.119 e. The molecule has 0 saturated heterocycles. The molecule has 0 spiro atoms. The Morgan fingerprint density at radius 3 is 2.45 bits per heavy atom. The molecule has 0 aliphatic heterocycles. The first-order valence-corrected chi connectivity index (χ1v) is 12.3. The lowest BCUT2D eigenvalue weighted by molar-refractivity contribution is 1.36. The Balaban J connectivity index is 3.43. The third kappa shape index (κ3) is 8.81. The maximum absolute atomic E-state index is 2.68. The maximum atomic E-state index is 2.68. The number of hydrogen-bond donors (Lipinski definition) is 0. The number of hydrogen-bond acceptors (Lipinski definition) is 0. The van der Waals surface area contributed by atoms with Crippen molar-refractivity contribution in [3.8, 4) is 0 Å². The van der Waals surface area contributed by atoms with E-state index >= 15 is 0 Å². The first-order chi connectivity index (χ1) is 4.95. The summed E-state index contributed by atoms with van der Waals surface area (Å²) in [4.78, 5) is 0. The lowest BCUT2D eigenvalue weighted by Gasteiger charge is -2.12. The second-order valence-electron chi connectivity index (χ2n) is 3.71. The van der Waals surface area contributed by atoms with Gasteiger partial charge in [0.25, 0.3) is 0 Å². The summed E-state index contributed by atoms with van der Waals surface area (Å²) in [6, 6.07) is 3.04. The third-order valence-electron chi connectivity index (χ3n) is 1.84. The van der Waals surface area contributed by atoms with Crippen LogP contribution in [0.4, 0.5) is 0 Å². The molecule has 0 aromatic carbocycles. The van der Waals surface area contributed by atoms with E-state index in [1.54, 1.807) is 5.20 Å². The van der Waals surface area contributed by atoms with Gasteiger partial charge in [-0.3, -0.25) is 0 Å². The van der Waals surface area contributed by atoms with Crippen LogP contribution < -0.4 is 0 Å². The SMILES string of the molecule is CC=C(C)[SiH2]CC[Si](C)(C)I. The minimum atomic E-state index is -0.759. The highest BCUT2D eigenvalue weighted by molar-refractivity contribution is 14.1. The predicted octanol–water partition coefficient (Wildman–Crippen LogP) is 3.14. The van der Waals surface area contributed by atoms with Gasteiger partial charge in [0.1, 0.15) is 5.57 Å². The molecule has 0 amide bonds. The molecule has 0 unspecified atom stereocenters. The van der Waals surface area contributed by atoms with Crippen LogP contribution in [0, 0.1) is 0 Å². The van der Waals surface area contributed by atoms with E-state index in [0.29, 0.717) is 0 Å². The Hall–Kier alpha value is 0.904. The van der Waals surface area contributed by atoms with Crippen LogP contribution in [-0.4, -0.2) is 15.1 Å². The molecule has 0 fully saturated rings. The van der Waals surface area contributed by atoms with Crippen molar-refractivity contribution in [1.29, 1.82) is 0 Å². The van der Waals surface area contributed by atoms with E-state index < -0.39 is 5.57 Å². The highest BCUT2D eigenvalue weighted by atomic mass is 127. The van der Waals surface area contributed by atoms with Crippen molar-refractivity contribution in [3.05, 3.63) is 11.3 Å². The molecule has 0 nitrogen and oxygen atoms in total. The van der Waals surface area contributed by atoms with Crippen molar-refractivity contribution in [2.75, 3.05) is 0 Å². The molecular formula is C8H19ISi2. The van der Waals surface area contributed by atoms with Gasteiger partial charge >= 0.3 is 0 Å². The van der Waals surface area contributed by atoms with Gasteiger partial charge in [-0.15, -0.1) is 21.8 Å². The fourth-order valence-electron chi connectivity index (χ4n) is 0.932. The lowest BCUT2D eigenvalue weighted by atomic mass is 10.6. The predicted molar refractivity (Wildman–Crippen MR) is 69.1 cm³/mol. The van der Waals surface area contributed by atoms with Crippen LogP contribution in [0.1, 0.15) is 13.8 Å². The summed E-state index contributed by atoms with van der Waals surface area (Å²) in [6.07, 6.45) is 2.29. The normalized spacial score (nSPS) is 14.8. The molecule has 0 aromatic heterocycles. The number of halogens is 1. The van der Waals surface area contributed by atoms with Crippen molar-refractivity contribution >= 4 is 36.9 Å². The topological polar surface area (TPSA) is 0 Å². The zero-order chi connectivity index (χ0) is 8.91. The molecule has 0 heterocycles. The Bertz CT molecular complexity index is 136. The van der Waals surface area contributed by atoms with Gasteiger partial charge in [0.05, 0.1) is 0 Å². The molecule has 0 radical (unpaired) electrons. The summed E-state index contributed by atoms with van der Waals surface area (Å²) in [5, 5.41) is 1.68. The Morgan fingerprint density at radius 1 is 1.55 bits per heavy atom. The van der Waals surface area contributed by atoms with E-state index in [-0.39, 0.29) is 9.52 Å². The van der Waals surface area contributed by atoms with Crippen molar-refractivity contribution < 1.29 is 0 Å². The molecule has 0 saturated carbocycles. The summed E-state index contributed by atoms with van der Waals surface area (Å²) in [7, 11) is 0.147. The van der Waals surface area contributed by atoms with Gasteiger partial charge in [-0.1, -0.05) is 36.5 Å². The van der Waals surface area contributed by atoms with Gasteiger partial charge < -0.3 is 0 Å². The molecule has 0 bridgehead atoms. The van der Waals surface area contributed by atoms with E-state index in [4.69, 9.17) is 0 Å². The molecule has 0 N–H and O–H groups in total. The largest absolute Gasteiger partial charge is 0.119 e. The fourth-order valence-corrected chi connectivity index (χ4v) is 9.28. The smallest absolute Gasteiger partial charge is 0.119 e. The molecule has 0 aromatic rings. The van der Waals surface area contributed by atoms with Crippen LogP contribution in [0.2, 0.25) is 25.2 Å². The fraction of sp³-hybridized carbons (Fsp3) is 0.750. The van der Waals surface area contributed by atoms with Gasteiger partial charge in [0, 0.05) is 9.52 Å². The summed E-state index contributed by atoms with van der Waals surface area (Å²) in [6.45, 7) is 9.35. The van der Waals surface area contributed by atoms with Gasteiger partial charge in [-0.05, 0) is 13.8 Å². The van der Waals surface area contributed by atoms with Crippen LogP contribution in [0.5, 0.6) is 0 Å². The highest BCUT2D eigenvalue weighted by Gasteiger charge is 2.14. The molecule has 66 valence electrons. The zero-order valence-corrected chi connectivity index (χ0v) is 12.6. The van der Waals surface area contributed by atoms with Crippen LogP contribution in [-0.2, 0) is 0 Å². The number of rotatable bonds is 4. The summed E-state index contributed by atoms with van der Waals surface area (Å²) in [5.74, 6) is 0. The zero-order valence-electron chi connectivity index (χ0n) is 8.08. The van der Waals surface area contributed by atoms with Crippen LogP contribution in [0.25, 0.3) is 0 Å². The lowest BCUT2D eigenvalue weighted by Crippen LogP contribution is -2.15. The molecule has 3 heteroatoms. The standard InChI is InChI=1S/C8H19ISi2/c1-5-8(2)10-6-7-11(3,4)9/h5H,6-7,10H2,1-4H3. The van der Waals surface area contributed by atoms with Gasteiger partial charge in [0.15, 0.2) is 0 Å². The van der Waals surface area contributed by atoms with Crippen molar-refractivity contribution in [2.24, 2.45) is 0 Å².